The van der Waals surface area contributed by atoms with E-state index in [-0.39, 0.29) is 6.61 Å². The predicted molar refractivity (Wildman–Crippen MR) is 82.0 cm³/mol. The molecule has 29 heavy (non-hydrogen) atoms. The van der Waals surface area contributed by atoms with Gasteiger partial charge < -0.3 is 4.74 Å². The molecular weight excluding hydrogens is 429 g/mol. The predicted octanol–water partition coefficient (Wildman–Crippen LogP) is 7.04. The summed E-state index contributed by atoms with van der Waals surface area (Å²) in [5.74, 6) is -34.7. The van der Waals surface area contributed by atoms with Crippen LogP contribution in [-0.4, -0.2) is 48.5 Å². The highest BCUT2D eigenvalue weighted by atomic mass is 19.4. The minimum absolute atomic E-state index is 0.0303. The van der Waals surface area contributed by atoms with E-state index in [1.807, 2.05) is 6.92 Å². The Labute approximate surface area is 161 Å². The van der Waals surface area contributed by atoms with Gasteiger partial charge in [-0.3, -0.25) is 0 Å². The van der Waals surface area contributed by atoms with Gasteiger partial charge in [0.2, 0.25) is 5.67 Å². The Morgan fingerprint density at radius 1 is 0.483 bits per heavy atom. The first-order valence-corrected chi connectivity index (χ1v) is 9.22. The van der Waals surface area contributed by atoms with E-state index in [9.17, 15) is 48.3 Å². The Morgan fingerprint density at radius 3 is 1.34 bits per heavy atom. The van der Waals surface area contributed by atoms with Crippen LogP contribution in [0.3, 0.4) is 0 Å². The molecule has 1 aliphatic rings. The van der Waals surface area contributed by atoms with Gasteiger partial charge in [0.25, 0.3) is 0 Å². The Kier molecular flexibility index (Phi) is 7.91. The van der Waals surface area contributed by atoms with Crippen molar-refractivity contribution in [3.8, 4) is 0 Å². The number of halogens is 11. The van der Waals surface area contributed by atoms with Crippen molar-refractivity contribution >= 4 is 0 Å². The van der Waals surface area contributed by atoms with Crippen LogP contribution in [-0.2, 0) is 4.74 Å². The van der Waals surface area contributed by atoms with Crippen LogP contribution in [0.2, 0.25) is 0 Å². The summed E-state index contributed by atoms with van der Waals surface area (Å²) in [6.45, 7) is 1.37. The van der Waals surface area contributed by atoms with Gasteiger partial charge in [0.05, 0.1) is 0 Å². The fraction of sp³-hybridized carbons (Fsp3) is 1.00. The molecule has 12 heteroatoms. The molecule has 0 aliphatic heterocycles. The average molecular weight is 452 g/mol. The van der Waals surface area contributed by atoms with Crippen molar-refractivity contribution in [3.05, 3.63) is 0 Å². The first kappa shape index (κ1) is 26.2. The Morgan fingerprint density at radius 2 is 0.862 bits per heavy atom. The number of hydrogen-bond donors (Lipinski definition) is 0. The first-order valence-electron chi connectivity index (χ1n) is 9.22. The molecule has 0 heterocycles. The van der Waals surface area contributed by atoms with E-state index < -0.39 is 54.7 Å². The third kappa shape index (κ3) is 3.94. The summed E-state index contributed by atoms with van der Waals surface area (Å²) in [5.41, 5.74) is -5.89. The van der Waals surface area contributed by atoms with Crippen LogP contribution in [0.25, 0.3) is 0 Å². The molecule has 0 atom stereocenters. The lowest BCUT2D eigenvalue weighted by molar-refractivity contribution is -0.485. The molecule has 0 aromatic rings. The molecular formula is C17H23F11O. The average Bonchev–Trinajstić information content (AvgIpc) is 2.61. The van der Waals surface area contributed by atoms with E-state index in [1.54, 1.807) is 0 Å². The second-order valence-corrected chi connectivity index (χ2v) is 7.16. The summed E-state index contributed by atoms with van der Waals surface area (Å²) in [5, 5.41) is 0. The Bertz CT molecular complexity index is 503. The molecule has 0 bridgehead atoms. The van der Waals surface area contributed by atoms with Crippen LogP contribution in [0.1, 0.15) is 58.3 Å². The number of unbranched alkanes of at least 4 members (excludes halogenated alkanes) is 5. The summed E-state index contributed by atoms with van der Waals surface area (Å²) in [6.07, 6.45) is 1.83. The highest BCUT2D eigenvalue weighted by Gasteiger charge is 3.00. The minimum Gasteiger partial charge on any atom is -0.381 e. The molecule has 0 N–H and O–H groups in total. The molecule has 174 valence electrons. The summed E-state index contributed by atoms with van der Waals surface area (Å²) in [6, 6.07) is 0. The third-order valence-corrected chi connectivity index (χ3v) is 5.02. The number of rotatable bonds is 11. The molecule has 1 aliphatic carbocycles. The van der Waals surface area contributed by atoms with Gasteiger partial charge in [-0.05, 0) is 19.3 Å². The molecule has 0 unspecified atom stereocenters. The van der Waals surface area contributed by atoms with E-state index >= 15 is 0 Å². The van der Waals surface area contributed by atoms with Gasteiger partial charge in [0, 0.05) is 13.2 Å². The smallest absolute Gasteiger partial charge is 0.381 e. The molecule has 0 spiro atoms. The molecule has 0 saturated heterocycles. The normalized spacial score (nSPS) is 25.7. The van der Waals surface area contributed by atoms with Gasteiger partial charge >= 0.3 is 29.6 Å². The zero-order chi connectivity index (χ0) is 22.8. The van der Waals surface area contributed by atoms with Crippen LogP contribution < -0.4 is 0 Å². The Hall–Kier alpha value is -0.810. The molecule has 0 amide bonds. The minimum atomic E-state index is -7.16. The highest BCUT2D eigenvalue weighted by molar-refractivity contribution is 5.26. The number of ether oxygens (including phenoxy) is 1. The SMILES string of the molecule is CCCCCCCCOCCCC1(F)C(F)(F)C(F)(F)C(F)(F)C(F)(F)C1(F)F. The highest BCUT2D eigenvalue weighted by Crippen LogP contribution is 2.70. The zero-order valence-electron chi connectivity index (χ0n) is 15.6. The zero-order valence-corrected chi connectivity index (χ0v) is 15.6. The van der Waals surface area contributed by atoms with Gasteiger partial charge in [0.1, 0.15) is 0 Å². The standard InChI is InChI=1S/C17H23F11O/c1-2-3-4-5-6-7-10-29-11-8-9-12(18)13(19,20)15(23,24)17(27,28)16(25,26)14(12,21)22/h2-11H2,1H3. The largest absolute Gasteiger partial charge is 0.384 e. The summed E-state index contributed by atoms with van der Waals surface area (Å²) in [4.78, 5) is 0. The van der Waals surface area contributed by atoms with E-state index in [1.165, 1.54) is 0 Å². The van der Waals surface area contributed by atoms with Gasteiger partial charge in [-0.25, -0.2) is 4.39 Å². The lowest BCUT2D eigenvalue weighted by Gasteiger charge is -2.52. The van der Waals surface area contributed by atoms with Crippen molar-refractivity contribution in [2.45, 2.75) is 93.6 Å². The fourth-order valence-electron chi connectivity index (χ4n) is 3.10. The van der Waals surface area contributed by atoms with Crippen LogP contribution in [0.15, 0.2) is 0 Å². The number of alkyl halides is 11. The van der Waals surface area contributed by atoms with Crippen molar-refractivity contribution in [2.24, 2.45) is 0 Å². The van der Waals surface area contributed by atoms with Gasteiger partial charge in [-0.2, -0.15) is 43.9 Å². The van der Waals surface area contributed by atoms with Crippen LogP contribution in [0.4, 0.5) is 48.3 Å². The molecule has 1 saturated carbocycles. The van der Waals surface area contributed by atoms with Gasteiger partial charge in [-0.15, -0.1) is 0 Å². The third-order valence-electron chi connectivity index (χ3n) is 5.02. The second kappa shape index (κ2) is 8.74. The maximum absolute atomic E-state index is 14.4. The van der Waals surface area contributed by atoms with E-state index in [4.69, 9.17) is 4.74 Å². The summed E-state index contributed by atoms with van der Waals surface area (Å²) in [7, 11) is 0. The van der Waals surface area contributed by atoms with Crippen LogP contribution >= 0.6 is 0 Å². The summed E-state index contributed by atoms with van der Waals surface area (Å²) < 4.78 is 153. The van der Waals surface area contributed by atoms with E-state index in [2.05, 4.69) is 0 Å². The first-order chi connectivity index (χ1) is 13.1. The topological polar surface area (TPSA) is 9.23 Å². The van der Waals surface area contributed by atoms with Crippen molar-refractivity contribution in [3.63, 3.8) is 0 Å². The maximum Gasteiger partial charge on any atom is 0.384 e. The molecule has 0 aromatic heterocycles. The Balaban J connectivity index is 2.76. The molecule has 0 aromatic carbocycles. The second-order valence-electron chi connectivity index (χ2n) is 7.16. The van der Waals surface area contributed by atoms with Crippen molar-refractivity contribution < 1.29 is 53.0 Å². The van der Waals surface area contributed by atoms with Gasteiger partial charge in [-0.1, -0.05) is 39.0 Å². The molecule has 1 rings (SSSR count). The number of hydrogen-bond acceptors (Lipinski definition) is 1. The van der Waals surface area contributed by atoms with Crippen molar-refractivity contribution in [1.29, 1.82) is 0 Å². The molecule has 0 radical (unpaired) electrons. The quantitative estimate of drug-likeness (QED) is 0.241. The lowest BCUT2D eigenvalue weighted by atomic mass is 9.70. The van der Waals surface area contributed by atoms with E-state index in [0.29, 0.717) is 6.42 Å². The summed E-state index contributed by atoms with van der Waals surface area (Å²) >= 11 is 0. The fourth-order valence-corrected chi connectivity index (χ4v) is 3.10. The van der Waals surface area contributed by atoms with Gasteiger partial charge in [0.15, 0.2) is 0 Å². The molecule has 1 fully saturated rings. The van der Waals surface area contributed by atoms with E-state index in [0.717, 1.165) is 32.1 Å². The van der Waals surface area contributed by atoms with Crippen LogP contribution in [0, 0.1) is 0 Å². The maximum atomic E-state index is 14.4. The van der Waals surface area contributed by atoms with Crippen molar-refractivity contribution in [1.82, 2.24) is 0 Å². The van der Waals surface area contributed by atoms with Crippen LogP contribution in [0.5, 0.6) is 0 Å². The lowest BCUT2D eigenvalue weighted by Crippen LogP contribution is -2.83. The molecule has 1 nitrogen and oxygen atoms in total. The monoisotopic (exact) mass is 452 g/mol. The van der Waals surface area contributed by atoms with Crippen molar-refractivity contribution in [2.75, 3.05) is 13.2 Å².